The van der Waals surface area contributed by atoms with Crippen LogP contribution in [0, 0.1) is 19.7 Å². The van der Waals surface area contributed by atoms with E-state index in [0.717, 1.165) is 4.47 Å². The van der Waals surface area contributed by atoms with Gasteiger partial charge in [0.25, 0.3) is 0 Å². The summed E-state index contributed by atoms with van der Waals surface area (Å²) in [6.07, 6.45) is 0. The molecule has 0 bridgehead atoms. The van der Waals surface area contributed by atoms with Gasteiger partial charge in [-0.15, -0.1) is 0 Å². The minimum Gasteiger partial charge on any atom is -0.476 e. The molecule has 1 aromatic heterocycles. The number of benzene rings is 1. The van der Waals surface area contributed by atoms with Crippen LogP contribution in [0.3, 0.4) is 0 Å². The fourth-order valence-corrected chi connectivity index (χ4v) is 2.17. The highest BCUT2D eigenvalue weighted by molar-refractivity contribution is 9.10. The van der Waals surface area contributed by atoms with Crippen LogP contribution in [0.5, 0.6) is 0 Å². The predicted molar refractivity (Wildman–Crippen MR) is 66.0 cm³/mol. The van der Waals surface area contributed by atoms with Gasteiger partial charge in [-0.05, 0) is 31.0 Å². The number of hydrogen-bond acceptors (Lipinski definition) is 3. The van der Waals surface area contributed by atoms with E-state index in [4.69, 9.17) is 9.63 Å². The van der Waals surface area contributed by atoms with Gasteiger partial charge in [0.15, 0.2) is 11.5 Å². The highest BCUT2D eigenvalue weighted by Crippen LogP contribution is 2.33. The summed E-state index contributed by atoms with van der Waals surface area (Å²) < 4.78 is 19.7. The largest absolute Gasteiger partial charge is 0.476 e. The van der Waals surface area contributed by atoms with Gasteiger partial charge in [0, 0.05) is 10.5 Å². The Bertz CT molecular complexity index is 610. The number of carbonyl (C=O) groups is 1. The number of rotatable bonds is 2. The van der Waals surface area contributed by atoms with Crippen LogP contribution in [0.4, 0.5) is 4.39 Å². The van der Waals surface area contributed by atoms with E-state index in [0.29, 0.717) is 11.1 Å². The van der Waals surface area contributed by atoms with E-state index in [1.54, 1.807) is 19.9 Å². The molecule has 4 nitrogen and oxygen atoms in total. The Morgan fingerprint density at radius 2 is 2.11 bits per heavy atom. The number of aryl methyl sites for hydroxylation is 1. The molecular weight excluding hydrogens is 305 g/mol. The lowest BCUT2D eigenvalue weighted by Gasteiger charge is -2.08. The van der Waals surface area contributed by atoms with E-state index in [9.17, 15) is 9.18 Å². The highest BCUT2D eigenvalue weighted by Gasteiger charge is 2.20. The SMILES string of the molecule is Cc1cc(Br)c(C)c(-c2cc(C(=O)O)no2)c1F. The number of hydrogen-bond donors (Lipinski definition) is 1. The van der Waals surface area contributed by atoms with Gasteiger partial charge in [0.1, 0.15) is 5.82 Å². The van der Waals surface area contributed by atoms with Crippen LogP contribution in [0.1, 0.15) is 21.6 Å². The quantitative estimate of drug-likeness (QED) is 0.920. The molecule has 94 valence electrons. The normalized spacial score (nSPS) is 10.7. The molecule has 1 aromatic carbocycles. The summed E-state index contributed by atoms with van der Waals surface area (Å²) >= 11 is 3.32. The number of nitrogens with zero attached hydrogens (tertiary/aromatic N) is 1. The lowest BCUT2D eigenvalue weighted by Crippen LogP contribution is -1.95. The Kier molecular flexibility index (Phi) is 3.21. The summed E-state index contributed by atoms with van der Waals surface area (Å²) in [5, 5.41) is 12.1. The van der Waals surface area contributed by atoms with Gasteiger partial charge in [-0.3, -0.25) is 0 Å². The molecule has 0 saturated heterocycles. The van der Waals surface area contributed by atoms with Crippen LogP contribution >= 0.6 is 15.9 Å². The minimum absolute atomic E-state index is 0.104. The van der Waals surface area contributed by atoms with E-state index in [1.165, 1.54) is 6.07 Å². The molecule has 1 heterocycles. The third-order valence-electron chi connectivity index (χ3n) is 2.62. The second-order valence-corrected chi connectivity index (χ2v) is 4.73. The first-order valence-electron chi connectivity index (χ1n) is 5.07. The van der Waals surface area contributed by atoms with Crippen LogP contribution in [-0.2, 0) is 0 Å². The Hall–Kier alpha value is -1.69. The molecule has 0 atom stereocenters. The standard InChI is InChI=1S/C12H9BrFNO3/c1-5-3-7(13)6(2)10(11(5)14)9-4-8(12(16)17)15-18-9/h3-4H,1-2H3,(H,16,17). The summed E-state index contributed by atoms with van der Waals surface area (Å²) in [6, 6.07) is 2.86. The van der Waals surface area contributed by atoms with Crippen molar-refractivity contribution in [3.63, 3.8) is 0 Å². The first-order valence-corrected chi connectivity index (χ1v) is 5.86. The van der Waals surface area contributed by atoms with Gasteiger partial charge in [-0.1, -0.05) is 21.1 Å². The molecule has 0 fully saturated rings. The number of carboxylic acid groups (broad SMARTS) is 1. The zero-order valence-electron chi connectivity index (χ0n) is 9.62. The molecule has 0 amide bonds. The second kappa shape index (κ2) is 4.53. The van der Waals surface area contributed by atoms with Crippen molar-refractivity contribution in [3.05, 3.63) is 39.2 Å². The van der Waals surface area contributed by atoms with Crippen molar-refractivity contribution in [1.82, 2.24) is 5.16 Å². The smallest absolute Gasteiger partial charge is 0.358 e. The number of aromatic carboxylic acids is 1. The number of carboxylic acids is 1. The zero-order valence-corrected chi connectivity index (χ0v) is 11.2. The maximum absolute atomic E-state index is 14.1. The fraction of sp³-hybridized carbons (Fsp3) is 0.167. The molecule has 0 aliphatic carbocycles. The Labute approximate surface area is 111 Å². The molecule has 0 radical (unpaired) electrons. The van der Waals surface area contributed by atoms with Gasteiger partial charge in [-0.25, -0.2) is 9.18 Å². The highest BCUT2D eigenvalue weighted by atomic mass is 79.9. The maximum Gasteiger partial charge on any atom is 0.358 e. The average molecular weight is 314 g/mol. The van der Waals surface area contributed by atoms with Crippen molar-refractivity contribution in [2.75, 3.05) is 0 Å². The third-order valence-corrected chi connectivity index (χ3v) is 3.44. The van der Waals surface area contributed by atoms with Crippen molar-refractivity contribution in [2.45, 2.75) is 13.8 Å². The minimum atomic E-state index is -1.21. The van der Waals surface area contributed by atoms with Crippen molar-refractivity contribution in [2.24, 2.45) is 0 Å². The first-order chi connectivity index (χ1) is 8.41. The summed E-state index contributed by atoms with van der Waals surface area (Å²) in [4.78, 5) is 10.7. The van der Waals surface area contributed by atoms with Gasteiger partial charge in [-0.2, -0.15) is 0 Å². The van der Waals surface area contributed by atoms with Gasteiger partial charge in [0.2, 0.25) is 0 Å². The fourth-order valence-electron chi connectivity index (χ4n) is 1.63. The van der Waals surface area contributed by atoms with E-state index in [2.05, 4.69) is 21.1 Å². The van der Waals surface area contributed by atoms with E-state index in [-0.39, 0.29) is 17.0 Å². The molecule has 18 heavy (non-hydrogen) atoms. The van der Waals surface area contributed by atoms with Crippen molar-refractivity contribution >= 4 is 21.9 Å². The third kappa shape index (κ3) is 2.03. The molecule has 2 aromatic rings. The molecule has 0 spiro atoms. The molecule has 0 aliphatic heterocycles. The topological polar surface area (TPSA) is 63.3 Å². The van der Waals surface area contributed by atoms with Gasteiger partial charge in [0.05, 0.1) is 5.56 Å². The van der Waals surface area contributed by atoms with Crippen molar-refractivity contribution in [3.8, 4) is 11.3 Å². The molecular formula is C12H9BrFNO3. The lowest BCUT2D eigenvalue weighted by atomic mass is 10.0. The summed E-state index contributed by atoms with van der Waals surface area (Å²) in [5.41, 5.74) is 1.05. The Balaban J connectivity index is 2.66. The van der Waals surface area contributed by atoms with Gasteiger partial charge < -0.3 is 9.63 Å². The van der Waals surface area contributed by atoms with E-state index < -0.39 is 11.8 Å². The lowest BCUT2D eigenvalue weighted by molar-refractivity contribution is 0.0686. The monoisotopic (exact) mass is 313 g/mol. The molecule has 0 aliphatic rings. The van der Waals surface area contributed by atoms with Gasteiger partial charge >= 0.3 is 5.97 Å². The van der Waals surface area contributed by atoms with Crippen molar-refractivity contribution in [1.29, 1.82) is 0 Å². The van der Waals surface area contributed by atoms with Crippen LogP contribution in [0.15, 0.2) is 21.1 Å². The molecule has 1 N–H and O–H groups in total. The Morgan fingerprint density at radius 3 is 2.67 bits per heavy atom. The average Bonchev–Trinajstić information content (AvgIpc) is 2.76. The van der Waals surface area contributed by atoms with Crippen LogP contribution in [0.25, 0.3) is 11.3 Å². The summed E-state index contributed by atoms with van der Waals surface area (Å²) in [5.74, 6) is -1.55. The molecule has 0 unspecified atom stereocenters. The van der Waals surface area contributed by atoms with E-state index >= 15 is 0 Å². The summed E-state index contributed by atoms with van der Waals surface area (Å²) in [7, 11) is 0. The second-order valence-electron chi connectivity index (χ2n) is 3.87. The van der Waals surface area contributed by atoms with Crippen LogP contribution in [0.2, 0.25) is 0 Å². The number of halogens is 2. The van der Waals surface area contributed by atoms with Crippen molar-refractivity contribution < 1.29 is 18.8 Å². The van der Waals surface area contributed by atoms with E-state index in [1.807, 2.05) is 0 Å². The van der Waals surface area contributed by atoms with Crippen LogP contribution in [-0.4, -0.2) is 16.2 Å². The zero-order chi connectivity index (χ0) is 13.4. The summed E-state index contributed by atoms with van der Waals surface area (Å²) in [6.45, 7) is 3.34. The number of aromatic nitrogens is 1. The van der Waals surface area contributed by atoms with Crippen LogP contribution < -0.4 is 0 Å². The molecule has 0 saturated carbocycles. The Morgan fingerprint density at radius 1 is 1.44 bits per heavy atom. The molecule has 6 heteroatoms. The first kappa shape index (κ1) is 12.8. The molecule has 2 rings (SSSR count). The maximum atomic E-state index is 14.1. The predicted octanol–water partition coefficient (Wildman–Crippen LogP) is 3.56.